The second-order valence-corrected chi connectivity index (χ2v) is 9.38. The van der Waals surface area contributed by atoms with E-state index in [2.05, 4.69) is 14.6 Å². The number of rotatable bonds is 7. The standard InChI is InChI=1S/C23H25N5O3S/c1-27(14-8-11-18-15-20(25-24-18)17-9-4-3-5-10-17)22(29)16-28(2)23-19-12-6-7-13-21(19)32(30,31)26-23/h3-7,9-10,12-13,15H,8,11,14,16H2,1-2H3,(H,24,25). The number of carbonyl (C=O) groups is 1. The summed E-state index contributed by atoms with van der Waals surface area (Å²) in [6.07, 6.45) is 1.55. The van der Waals surface area contributed by atoms with Crippen LogP contribution in [-0.4, -0.2) is 67.3 Å². The molecule has 32 heavy (non-hydrogen) atoms. The summed E-state index contributed by atoms with van der Waals surface area (Å²) < 4.78 is 28.3. The Balaban J connectivity index is 1.30. The molecule has 0 saturated carbocycles. The minimum atomic E-state index is -3.71. The lowest BCUT2D eigenvalue weighted by Gasteiger charge is -2.23. The Morgan fingerprint density at radius 3 is 2.53 bits per heavy atom. The molecule has 0 unspecified atom stereocenters. The molecule has 1 N–H and O–H groups in total. The predicted octanol–water partition coefficient (Wildman–Crippen LogP) is 2.55. The van der Waals surface area contributed by atoms with Crippen LogP contribution in [0.15, 0.2) is 70.0 Å². The number of aromatic nitrogens is 2. The zero-order chi connectivity index (χ0) is 22.7. The van der Waals surface area contributed by atoms with Crippen LogP contribution in [0.1, 0.15) is 17.7 Å². The Morgan fingerprint density at radius 1 is 1.03 bits per heavy atom. The highest BCUT2D eigenvalue weighted by atomic mass is 32.2. The highest BCUT2D eigenvalue weighted by molar-refractivity contribution is 7.90. The molecule has 1 aromatic heterocycles. The number of likely N-dealkylation sites (N-methyl/N-ethyl adjacent to an activating group) is 2. The van der Waals surface area contributed by atoms with Crippen molar-refractivity contribution >= 4 is 21.8 Å². The van der Waals surface area contributed by atoms with E-state index in [-0.39, 0.29) is 17.3 Å². The van der Waals surface area contributed by atoms with E-state index in [4.69, 9.17) is 0 Å². The van der Waals surface area contributed by atoms with Crippen molar-refractivity contribution in [2.24, 2.45) is 4.40 Å². The van der Waals surface area contributed by atoms with Crippen molar-refractivity contribution in [2.75, 3.05) is 27.2 Å². The first-order chi connectivity index (χ1) is 15.3. The number of benzene rings is 2. The number of hydrogen-bond donors (Lipinski definition) is 1. The fourth-order valence-electron chi connectivity index (χ4n) is 3.64. The van der Waals surface area contributed by atoms with Gasteiger partial charge >= 0.3 is 0 Å². The summed E-state index contributed by atoms with van der Waals surface area (Å²) in [7, 11) is -0.279. The lowest BCUT2D eigenvalue weighted by molar-refractivity contribution is -0.130. The Bertz CT molecular complexity index is 1250. The summed E-state index contributed by atoms with van der Waals surface area (Å²) in [6, 6.07) is 18.6. The van der Waals surface area contributed by atoms with Crippen LogP contribution in [0.25, 0.3) is 11.3 Å². The number of nitrogens with one attached hydrogen (secondary N) is 1. The summed E-state index contributed by atoms with van der Waals surface area (Å²) >= 11 is 0. The van der Waals surface area contributed by atoms with E-state index in [1.54, 1.807) is 42.1 Å². The molecule has 0 fully saturated rings. The fourth-order valence-corrected chi connectivity index (χ4v) is 4.89. The van der Waals surface area contributed by atoms with Crippen LogP contribution in [0, 0.1) is 0 Å². The number of amides is 1. The number of amidine groups is 1. The molecule has 1 aliphatic rings. The van der Waals surface area contributed by atoms with Gasteiger partial charge in [-0.25, -0.2) is 0 Å². The SMILES string of the molecule is CN(CCCc1cc(-c2ccccc2)n[nH]1)C(=O)CN(C)C1=NS(=O)(=O)c2ccccc21. The summed E-state index contributed by atoms with van der Waals surface area (Å²) in [5.74, 6) is 0.194. The van der Waals surface area contributed by atoms with Gasteiger partial charge < -0.3 is 9.80 Å². The molecule has 2 heterocycles. The summed E-state index contributed by atoms with van der Waals surface area (Å²) in [5.41, 5.74) is 3.51. The molecule has 1 aliphatic heterocycles. The van der Waals surface area contributed by atoms with Crippen molar-refractivity contribution in [2.45, 2.75) is 17.7 Å². The van der Waals surface area contributed by atoms with E-state index in [0.717, 1.165) is 29.8 Å². The second kappa shape index (κ2) is 8.96. The van der Waals surface area contributed by atoms with Crippen LogP contribution in [0.3, 0.4) is 0 Å². The molecule has 0 atom stereocenters. The monoisotopic (exact) mass is 451 g/mol. The van der Waals surface area contributed by atoms with Crippen LogP contribution in [0.5, 0.6) is 0 Å². The second-order valence-electron chi connectivity index (χ2n) is 7.81. The number of hydrogen-bond acceptors (Lipinski definition) is 5. The predicted molar refractivity (Wildman–Crippen MR) is 123 cm³/mol. The zero-order valence-corrected chi connectivity index (χ0v) is 18.8. The van der Waals surface area contributed by atoms with Gasteiger partial charge in [-0.05, 0) is 31.0 Å². The van der Waals surface area contributed by atoms with Gasteiger partial charge in [0, 0.05) is 37.5 Å². The van der Waals surface area contributed by atoms with Gasteiger partial charge in [-0.2, -0.15) is 13.5 Å². The van der Waals surface area contributed by atoms with Gasteiger partial charge in [0.2, 0.25) is 5.91 Å². The molecule has 2 aromatic carbocycles. The number of fused-ring (bicyclic) bond motifs is 1. The van der Waals surface area contributed by atoms with Crippen molar-refractivity contribution in [1.82, 2.24) is 20.0 Å². The van der Waals surface area contributed by atoms with E-state index < -0.39 is 10.0 Å². The van der Waals surface area contributed by atoms with Crippen molar-refractivity contribution in [3.05, 3.63) is 71.9 Å². The smallest absolute Gasteiger partial charge is 0.285 e. The molecule has 1 amide bonds. The molecular weight excluding hydrogens is 426 g/mol. The molecule has 0 saturated heterocycles. The van der Waals surface area contributed by atoms with Crippen LogP contribution in [0.4, 0.5) is 0 Å². The number of nitrogens with zero attached hydrogens (tertiary/aromatic N) is 4. The topological polar surface area (TPSA) is 98.7 Å². The minimum Gasteiger partial charge on any atom is -0.349 e. The van der Waals surface area contributed by atoms with E-state index >= 15 is 0 Å². The summed E-state index contributed by atoms with van der Waals surface area (Å²) in [4.78, 5) is 16.1. The Labute approximate surface area is 187 Å². The van der Waals surface area contributed by atoms with Crippen molar-refractivity contribution in [1.29, 1.82) is 0 Å². The number of aromatic amines is 1. The van der Waals surface area contributed by atoms with E-state index in [9.17, 15) is 13.2 Å². The number of aryl methyl sites for hydroxylation is 1. The Morgan fingerprint density at radius 2 is 1.75 bits per heavy atom. The molecule has 166 valence electrons. The van der Waals surface area contributed by atoms with Crippen molar-refractivity contribution in [3.63, 3.8) is 0 Å². The number of carbonyl (C=O) groups excluding carboxylic acids is 1. The lowest BCUT2D eigenvalue weighted by atomic mass is 10.1. The Kier molecular flexibility index (Phi) is 6.09. The highest BCUT2D eigenvalue weighted by Crippen LogP contribution is 2.26. The normalized spacial score (nSPS) is 14.0. The molecule has 4 rings (SSSR count). The molecule has 0 spiro atoms. The van der Waals surface area contributed by atoms with Gasteiger partial charge in [0.15, 0.2) is 5.84 Å². The third-order valence-electron chi connectivity index (χ3n) is 5.41. The third kappa shape index (κ3) is 4.57. The van der Waals surface area contributed by atoms with Crippen molar-refractivity contribution < 1.29 is 13.2 Å². The number of H-pyrrole nitrogens is 1. The molecule has 9 heteroatoms. The maximum atomic E-state index is 12.7. The van der Waals surface area contributed by atoms with E-state index in [1.165, 1.54) is 6.07 Å². The average molecular weight is 452 g/mol. The molecule has 3 aromatic rings. The van der Waals surface area contributed by atoms with Gasteiger partial charge in [-0.15, -0.1) is 4.40 Å². The van der Waals surface area contributed by atoms with E-state index in [0.29, 0.717) is 17.9 Å². The first-order valence-electron chi connectivity index (χ1n) is 10.3. The van der Waals surface area contributed by atoms with Gasteiger partial charge in [0.25, 0.3) is 10.0 Å². The summed E-state index contributed by atoms with van der Waals surface area (Å²) in [5, 5.41) is 7.42. The van der Waals surface area contributed by atoms with Gasteiger partial charge in [-0.1, -0.05) is 42.5 Å². The first-order valence-corrected chi connectivity index (χ1v) is 11.8. The largest absolute Gasteiger partial charge is 0.349 e. The van der Waals surface area contributed by atoms with Crippen LogP contribution < -0.4 is 0 Å². The maximum Gasteiger partial charge on any atom is 0.285 e. The molecule has 0 aliphatic carbocycles. The highest BCUT2D eigenvalue weighted by Gasteiger charge is 2.31. The van der Waals surface area contributed by atoms with Gasteiger partial charge in [-0.3, -0.25) is 9.89 Å². The maximum absolute atomic E-state index is 12.7. The molecular formula is C23H25N5O3S. The van der Waals surface area contributed by atoms with Crippen LogP contribution in [0.2, 0.25) is 0 Å². The van der Waals surface area contributed by atoms with Gasteiger partial charge in [0.1, 0.15) is 4.90 Å². The third-order valence-corrected chi connectivity index (χ3v) is 6.74. The quantitative estimate of drug-likeness (QED) is 0.595. The molecule has 8 nitrogen and oxygen atoms in total. The average Bonchev–Trinajstić information content (AvgIpc) is 3.37. The van der Waals surface area contributed by atoms with Crippen LogP contribution in [-0.2, 0) is 21.2 Å². The molecule has 0 bridgehead atoms. The number of sulfonamides is 1. The summed E-state index contributed by atoms with van der Waals surface area (Å²) in [6.45, 7) is 0.620. The fraction of sp³-hybridized carbons (Fsp3) is 0.261. The van der Waals surface area contributed by atoms with Gasteiger partial charge in [0.05, 0.1) is 12.2 Å². The van der Waals surface area contributed by atoms with Crippen molar-refractivity contribution in [3.8, 4) is 11.3 Å². The zero-order valence-electron chi connectivity index (χ0n) is 18.0. The lowest BCUT2D eigenvalue weighted by Crippen LogP contribution is -2.39. The Hall–Kier alpha value is -3.46. The minimum absolute atomic E-state index is 0.0431. The molecule has 0 radical (unpaired) electrons. The van der Waals surface area contributed by atoms with Crippen LogP contribution >= 0.6 is 0 Å². The van der Waals surface area contributed by atoms with E-state index in [1.807, 2.05) is 36.4 Å². The first kappa shape index (κ1) is 21.8.